The second-order valence-corrected chi connectivity index (χ2v) is 10.9. The van der Waals surface area contributed by atoms with Crippen molar-refractivity contribution >= 4 is 21.7 Å². The number of benzene rings is 2. The number of amides is 1. The third kappa shape index (κ3) is 6.17. The fourth-order valence-electron chi connectivity index (χ4n) is 4.67. The maximum atomic E-state index is 13.6. The SMILES string of the molecule is COc1cc(C)c(S(=O)(=O)N2CCCCC2COCC(=O)Nc2cc(-c3cccc(F)c3)[nH]n2)c(C)c1. The summed E-state index contributed by atoms with van der Waals surface area (Å²) in [7, 11) is -2.22. The predicted octanol–water partition coefficient (Wildman–Crippen LogP) is 4.04. The fraction of sp³-hybridized carbons (Fsp3) is 0.385. The van der Waals surface area contributed by atoms with E-state index in [2.05, 4.69) is 15.5 Å². The van der Waals surface area contributed by atoms with Crippen molar-refractivity contribution < 1.29 is 27.1 Å². The van der Waals surface area contributed by atoms with Crippen LogP contribution in [-0.4, -0.2) is 61.7 Å². The standard InChI is InChI=1S/C26H31FN4O5S/c1-17-11-22(35-3)12-18(2)26(17)37(33,34)31-10-5-4-9-21(31)15-36-16-25(32)28-24-14-23(29-30-24)19-7-6-8-20(27)13-19/h6-8,11-14,21H,4-5,9-10,15-16H2,1-3H3,(H2,28,29,30,32). The molecule has 0 radical (unpaired) electrons. The van der Waals surface area contributed by atoms with E-state index < -0.39 is 15.9 Å². The van der Waals surface area contributed by atoms with E-state index in [0.29, 0.717) is 41.1 Å². The van der Waals surface area contributed by atoms with Gasteiger partial charge in [0, 0.05) is 24.2 Å². The molecule has 2 heterocycles. The Hall–Kier alpha value is -3.28. The van der Waals surface area contributed by atoms with Crippen LogP contribution in [0.25, 0.3) is 11.3 Å². The molecular weight excluding hydrogens is 499 g/mol. The lowest BCUT2D eigenvalue weighted by Crippen LogP contribution is -2.46. The zero-order chi connectivity index (χ0) is 26.6. The molecule has 9 nitrogen and oxygen atoms in total. The average Bonchev–Trinajstić information content (AvgIpc) is 3.32. The van der Waals surface area contributed by atoms with Crippen molar-refractivity contribution in [1.29, 1.82) is 0 Å². The Morgan fingerprint density at radius 1 is 1.19 bits per heavy atom. The normalized spacial score (nSPS) is 16.5. The summed E-state index contributed by atoms with van der Waals surface area (Å²) >= 11 is 0. The second-order valence-electron chi connectivity index (χ2n) is 9.10. The number of carbonyl (C=O) groups is 1. The Balaban J connectivity index is 1.37. The van der Waals surface area contributed by atoms with Crippen LogP contribution in [0.5, 0.6) is 5.75 Å². The third-order valence-electron chi connectivity index (χ3n) is 6.33. The molecule has 1 aliphatic rings. The van der Waals surface area contributed by atoms with Crippen LogP contribution in [0, 0.1) is 19.7 Å². The summed E-state index contributed by atoms with van der Waals surface area (Å²) < 4.78 is 53.1. The smallest absolute Gasteiger partial charge is 0.251 e. The number of rotatable bonds is 9. The summed E-state index contributed by atoms with van der Waals surface area (Å²) in [5.41, 5.74) is 2.41. The third-order valence-corrected chi connectivity index (χ3v) is 8.59. The lowest BCUT2D eigenvalue weighted by Gasteiger charge is -2.35. The summed E-state index contributed by atoms with van der Waals surface area (Å²) in [6.45, 7) is 3.75. The Morgan fingerprint density at radius 2 is 1.95 bits per heavy atom. The van der Waals surface area contributed by atoms with Crippen molar-refractivity contribution in [3.63, 3.8) is 0 Å². The molecule has 1 unspecified atom stereocenters. The molecule has 1 aliphatic heterocycles. The van der Waals surface area contributed by atoms with Gasteiger partial charge in [-0.2, -0.15) is 9.40 Å². The molecule has 0 aliphatic carbocycles. The first-order chi connectivity index (χ1) is 17.7. The number of ether oxygens (including phenoxy) is 2. The van der Waals surface area contributed by atoms with E-state index in [9.17, 15) is 17.6 Å². The number of hydrogen-bond donors (Lipinski definition) is 2. The zero-order valence-corrected chi connectivity index (χ0v) is 21.9. The first-order valence-corrected chi connectivity index (χ1v) is 13.5. The lowest BCUT2D eigenvalue weighted by molar-refractivity contribution is -0.121. The number of carbonyl (C=O) groups excluding carboxylic acids is 1. The number of sulfonamides is 1. The van der Waals surface area contributed by atoms with Gasteiger partial charge < -0.3 is 14.8 Å². The molecule has 3 aromatic rings. The van der Waals surface area contributed by atoms with Gasteiger partial charge in [-0.05, 0) is 62.1 Å². The molecule has 0 spiro atoms. The number of aryl methyl sites for hydroxylation is 2. The van der Waals surface area contributed by atoms with Crippen molar-refractivity contribution in [3.8, 4) is 17.0 Å². The number of hydrogen-bond acceptors (Lipinski definition) is 6. The van der Waals surface area contributed by atoms with E-state index in [-0.39, 0.29) is 35.8 Å². The Kier molecular flexibility index (Phi) is 8.25. The molecule has 1 atom stereocenters. The van der Waals surface area contributed by atoms with Gasteiger partial charge in [0.25, 0.3) is 5.91 Å². The Labute approximate surface area is 216 Å². The van der Waals surface area contributed by atoms with Gasteiger partial charge in [-0.1, -0.05) is 18.6 Å². The van der Waals surface area contributed by atoms with Crippen LogP contribution < -0.4 is 10.1 Å². The fourth-order valence-corrected chi connectivity index (χ4v) is 6.76. The highest BCUT2D eigenvalue weighted by atomic mass is 32.2. The van der Waals surface area contributed by atoms with Crippen LogP contribution in [0.3, 0.4) is 0 Å². The van der Waals surface area contributed by atoms with Crippen LogP contribution in [0.1, 0.15) is 30.4 Å². The van der Waals surface area contributed by atoms with Gasteiger partial charge in [0.1, 0.15) is 18.2 Å². The summed E-state index contributed by atoms with van der Waals surface area (Å²) in [4.78, 5) is 12.7. The highest BCUT2D eigenvalue weighted by molar-refractivity contribution is 7.89. The van der Waals surface area contributed by atoms with Crippen molar-refractivity contribution in [3.05, 3.63) is 59.4 Å². The number of nitrogens with one attached hydrogen (secondary N) is 2. The highest BCUT2D eigenvalue weighted by Gasteiger charge is 2.35. The molecule has 11 heteroatoms. The number of piperidine rings is 1. The van der Waals surface area contributed by atoms with Gasteiger partial charge in [-0.3, -0.25) is 9.89 Å². The summed E-state index contributed by atoms with van der Waals surface area (Å²) in [5, 5.41) is 9.43. The molecule has 0 saturated carbocycles. The maximum Gasteiger partial charge on any atom is 0.251 e. The summed E-state index contributed by atoms with van der Waals surface area (Å²) in [5.74, 6) is 0.0881. The zero-order valence-electron chi connectivity index (χ0n) is 21.1. The van der Waals surface area contributed by atoms with Crippen molar-refractivity contribution in [2.75, 3.05) is 32.2 Å². The van der Waals surface area contributed by atoms with E-state index in [4.69, 9.17) is 9.47 Å². The van der Waals surface area contributed by atoms with E-state index in [1.54, 1.807) is 51.3 Å². The van der Waals surface area contributed by atoms with E-state index >= 15 is 0 Å². The Morgan fingerprint density at radius 3 is 2.65 bits per heavy atom. The topological polar surface area (TPSA) is 114 Å². The molecule has 1 fully saturated rings. The minimum atomic E-state index is -3.77. The van der Waals surface area contributed by atoms with Crippen LogP contribution in [0.15, 0.2) is 47.4 Å². The number of nitrogens with zero attached hydrogens (tertiary/aromatic N) is 2. The van der Waals surface area contributed by atoms with Gasteiger partial charge in [-0.25, -0.2) is 12.8 Å². The first kappa shape index (κ1) is 26.8. The van der Waals surface area contributed by atoms with E-state index in [1.165, 1.54) is 16.4 Å². The van der Waals surface area contributed by atoms with Crippen molar-refractivity contribution in [2.45, 2.75) is 44.0 Å². The van der Waals surface area contributed by atoms with Crippen molar-refractivity contribution in [1.82, 2.24) is 14.5 Å². The molecule has 1 aromatic heterocycles. The van der Waals surface area contributed by atoms with Gasteiger partial charge >= 0.3 is 0 Å². The van der Waals surface area contributed by atoms with Crippen LogP contribution in [0.4, 0.5) is 10.2 Å². The predicted molar refractivity (Wildman–Crippen MR) is 137 cm³/mol. The molecule has 2 N–H and O–H groups in total. The molecule has 198 valence electrons. The number of aromatic nitrogens is 2. The molecular formula is C26H31FN4O5S. The van der Waals surface area contributed by atoms with Gasteiger partial charge in [0.05, 0.1) is 24.3 Å². The van der Waals surface area contributed by atoms with Gasteiger partial charge in [0.15, 0.2) is 5.82 Å². The number of halogens is 1. The van der Waals surface area contributed by atoms with E-state index in [1.807, 2.05) is 0 Å². The second kappa shape index (κ2) is 11.4. The Bertz CT molecular complexity index is 1350. The van der Waals surface area contributed by atoms with Crippen molar-refractivity contribution in [2.24, 2.45) is 0 Å². The summed E-state index contributed by atoms with van der Waals surface area (Å²) in [6.07, 6.45) is 2.28. The minimum absolute atomic E-state index is 0.0933. The van der Waals surface area contributed by atoms with Crippen LogP contribution in [-0.2, 0) is 19.6 Å². The number of aromatic amines is 1. The average molecular weight is 531 g/mol. The molecule has 37 heavy (non-hydrogen) atoms. The van der Waals surface area contributed by atoms with E-state index in [0.717, 1.165) is 12.8 Å². The van der Waals surface area contributed by atoms with Gasteiger partial charge in [-0.15, -0.1) is 0 Å². The number of anilines is 1. The molecule has 0 bridgehead atoms. The number of H-pyrrole nitrogens is 1. The monoisotopic (exact) mass is 530 g/mol. The molecule has 1 amide bonds. The van der Waals surface area contributed by atoms with Crippen LogP contribution in [0.2, 0.25) is 0 Å². The molecule has 2 aromatic carbocycles. The largest absolute Gasteiger partial charge is 0.497 e. The molecule has 1 saturated heterocycles. The lowest BCUT2D eigenvalue weighted by atomic mass is 10.1. The summed E-state index contributed by atoms with van der Waals surface area (Å²) in [6, 6.07) is 10.7. The quantitative estimate of drug-likeness (QED) is 0.432. The highest BCUT2D eigenvalue weighted by Crippen LogP contribution is 2.32. The number of methoxy groups -OCH3 is 1. The van der Waals surface area contributed by atoms with Gasteiger partial charge in [0.2, 0.25) is 10.0 Å². The molecule has 4 rings (SSSR count). The maximum absolute atomic E-state index is 13.6. The minimum Gasteiger partial charge on any atom is -0.497 e. The first-order valence-electron chi connectivity index (χ1n) is 12.0. The van der Waals surface area contributed by atoms with Crippen LogP contribution >= 0.6 is 0 Å².